The fourth-order valence-corrected chi connectivity index (χ4v) is 2.17. The Morgan fingerprint density at radius 3 is 2.81 bits per heavy atom. The number of rotatable bonds is 6. The number of hydrogen-bond acceptors (Lipinski definition) is 3. The van der Waals surface area contributed by atoms with Gasteiger partial charge in [-0.15, -0.1) is 11.3 Å². The molecule has 0 fully saturated rings. The van der Waals surface area contributed by atoms with Crippen LogP contribution in [-0.2, 0) is 11.3 Å². The summed E-state index contributed by atoms with van der Waals surface area (Å²) in [5.74, 6) is 0.0788. The molecule has 0 radical (unpaired) electrons. The molecule has 1 aromatic rings. The van der Waals surface area contributed by atoms with Crippen LogP contribution in [0.2, 0.25) is 0 Å². The maximum atomic E-state index is 11.6. The van der Waals surface area contributed by atoms with Crippen LogP contribution in [-0.4, -0.2) is 18.5 Å². The minimum absolute atomic E-state index is 0.0788. The molecule has 1 amide bonds. The average Bonchev–Trinajstić information content (AvgIpc) is 2.68. The van der Waals surface area contributed by atoms with Gasteiger partial charge in [-0.3, -0.25) is 4.79 Å². The normalized spacial score (nSPS) is 12.4. The van der Waals surface area contributed by atoms with E-state index in [1.807, 2.05) is 13.8 Å². The minimum atomic E-state index is -0.131. The lowest BCUT2D eigenvalue weighted by molar-refractivity contribution is -0.122. The van der Waals surface area contributed by atoms with Crippen LogP contribution in [0.5, 0.6) is 0 Å². The standard InChI is InChI=1S/C12H20N2OS/c1-4-7-13-12(15)10(3)14-8-11-6-5-9(2)16-11/h5-6,10,14H,4,7-8H2,1-3H3,(H,13,15). The molecule has 0 spiro atoms. The number of nitrogens with one attached hydrogen (secondary N) is 2. The van der Waals surface area contributed by atoms with E-state index >= 15 is 0 Å². The highest BCUT2D eigenvalue weighted by Crippen LogP contribution is 2.14. The van der Waals surface area contributed by atoms with E-state index < -0.39 is 0 Å². The Bertz CT molecular complexity index is 336. The third-order valence-electron chi connectivity index (χ3n) is 2.32. The molecule has 0 aromatic carbocycles. The lowest BCUT2D eigenvalue weighted by atomic mass is 10.3. The average molecular weight is 240 g/mol. The largest absolute Gasteiger partial charge is 0.355 e. The smallest absolute Gasteiger partial charge is 0.236 e. The van der Waals surface area contributed by atoms with Crippen LogP contribution < -0.4 is 10.6 Å². The summed E-state index contributed by atoms with van der Waals surface area (Å²) in [5.41, 5.74) is 0. The van der Waals surface area contributed by atoms with Crippen LogP contribution in [0.25, 0.3) is 0 Å². The molecule has 0 saturated heterocycles. The number of hydrogen-bond donors (Lipinski definition) is 2. The van der Waals surface area contributed by atoms with Crippen molar-refractivity contribution < 1.29 is 4.79 Å². The summed E-state index contributed by atoms with van der Waals surface area (Å²) in [6, 6.07) is 4.07. The highest BCUT2D eigenvalue weighted by Gasteiger charge is 2.11. The summed E-state index contributed by atoms with van der Waals surface area (Å²) in [6.45, 7) is 7.55. The first-order chi connectivity index (χ1) is 7.63. The Hall–Kier alpha value is -0.870. The van der Waals surface area contributed by atoms with Gasteiger partial charge in [0.15, 0.2) is 0 Å². The van der Waals surface area contributed by atoms with Gasteiger partial charge in [0.2, 0.25) is 5.91 Å². The molecule has 2 N–H and O–H groups in total. The van der Waals surface area contributed by atoms with Crippen LogP contribution in [0.4, 0.5) is 0 Å². The van der Waals surface area contributed by atoms with Crippen LogP contribution >= 0.6 is 11.3 Å². The number of thiophene rings is 1. The van der Waals surface area contributed by atoms with Crippen molar-refractivity contribution in [3.05, 3.63) is 21.9 Å². The number of carbonyl (C=O) groups is 1. The third-order valence-corrected chi connectivity index (χ3v) is 3.32. The van der Waals surface area contributed by atoms with E-state index in [2.05, 4.69) is 29.7 Å². The lowest BCUT2D eigenvalue weighted by Gasteiger charge is -2.12. The van der Waals surface area contributed by atoms with Gasteiger partial charge in [-0.25, -0.2) is 0 Å². The molecule has 1 unspecified atom stereocenters. The van der Waals surface area contributed by atoms with Crippen LogP contribution in [0.3, 0.4) is 0 Å². The van der Waals surface area contributed by atoms with Crippen molar-refractivity contribution in [2.75, 3.05) is 6.54 Å². The van der Waals surface area contributed by atoms with E-state index in [1.165, 1.54) is 9.75 Å². The number of amides is 1. The molecule has 0 aliphatic heterocycles. The molecule has 0 saturated carbocycles. The van der Waals surface area contributed by atoms with Crippen molar-refractivity contribution in [1.82, 2.24) is 10.6 Å². The van der Waals surface area contributed by atoms with Gasteiger partial charge in [0.05, 0.1) is 6.04 Å². The highest BCUT2D eigenvalue weighted by molar-refractivity contribution is 7.11. The van der Waals surface area contributed by atoms with Crippen LogP contribution in [0.1, 0.15) is 30.0 Å². The summed E-state index contributed by atoms with van der Waals surface area (Å²) < 4.78 is 0. The maximum Gasteiger partial charge on any atom is 0.236 e. The van der Waals surface area contributed by atoms with E-state index in [0.717, 1.165) is 19.5 Å². The molecule has 1 rings (SSSR count). The van der Waals surface area contributed by atoms with Crippen LogP contribution in [0, 0.1) is 6.92 Å². The number of aryl methyl sites for hydroxylation is 1. The second-order valence-electron chi connectivity index (χ2n) is 3.91. The molecule has 90 valence electrons. The first-order valence-corrected chi connectivity index (χ1v) is 6.51. The first-order valence-electron chi connectivity index (χ1n) is 5.70. The van der Waals surface area contributed by atoms with Gasteiger partial charge in [0.1, 0.15) is 0 Å². The lowest BCUT2D eigenvalue weighted by Crippen LogP contribution is -2.41. The zero-order valence-corrected chi connectivity index (χ0v) is 11.0. The molecule has 1 heterocycles. The molecular formula is C12H20N2OS. The highest BCUT2D eigenvalue weighted by atomic mass is 32.1. The Kier molecular flexibility index (Phi) is 5.49. The second-order valence-corrected chi connectivity index (χ2v) is 5.28. The van der Waals surface area contributed by atoms with Crippen molar-refractivity contribution in [3.63, 3.8) is 0 Å². The second kappa shape index (κ2) is 6.66. The van der Waals surface area contributed by atoms with E-state index in [1.54, 1.807) is 11.3 Å². The van der Waals surface area contributed by atoms with Crippen molar-refractivity contribution in [1.29, 1.82) is 0 Å². The molecule has 3 nitrogen and oxygen atoms in total. The van der Waals surface area contributed by atoms with Gasteiger partial charge in [0, 0.05) is 22.8 Å². The molecular weight excluding hydrogens is 220 g/mol. The molecule has 16 heavy (non-hydrogen) atoms. The van der Waals surface area contributed by atoms with Gasteiger partial charge in [-0.05, 0) is 32.4 Å². The molecule has 0 aliphatic carbocycles. The fraction of sp³-hybridized carbons (Fsp3) is 0.583. The predicted molar refractivity (Wildman–Crippen MR) is 68.7 cm³/mol. The monoisotopic (exact) mass is 240 g/mol. The number of carbonyl (C=O) groups excluding carboxylic acids is 1. The predicted octanol–water partition coefficient (Wildman–Crippen LogP) is 2.06. The van der Waals surface area contributed by atoms with Gasteiger partial charge < -0.3 is 10.6 Å². The molecule has 0 bridgehead atoms. The Labute approximate surface area is 101 Å². The summed E-state index contributed by atoms with van der Waals surface area (Å²) in [5, 5.41) is 6.09. The van der Waals surface area contributed by atoms with Crippen LogP contribution in [0.15, 0.2) is 12.1 Å². The van der Waals surface area contributed by atoms with Crippen molar-refractivity contribution in [3.8, 4) is 0 Å². The van der Waals surface area contributed by atoms with E-state index in [9.17, 15) is 4.79 Å². The van der Waals surface area contributed by atoms with Gasteiger partial charge in [0.25, 0.3) is 0 Å². The van der Waals surface area contributed by atoms with Crippen molar-refractivity contribution in [2.45, 2.75) is 39.8 Å². The zero-order chi connectivity index (χ0) is 12.0. The van der Waals surface area contributed by atoms with E-state index in [-0.39, 0.29) is 11.9 Å². The third kappa shape index (κ3) is 4.33. The Morgan fingerprint density at radius 1 is 1.50 bits per heavy atom. The van der Waals surface area contributed by atoms with Gasteiger partial charge in [-0.1, -0.05) is 6.92 Å². The van der Waals surface area contributed by atoms with E-state index in [4.69, 9.17) is 0 Å². The van der Waals surface area contributed by atoms with E-state index in [0.29, 0.717) is 0 Å². The molecule has 1 aromatic heterocycles. The van der Waals surface area contributed by atoms with Gasteiger partial charge in [-0.2, -0.15) is 0 Å². The van der Waals surface area contributed by atoms with Gasteiger partial charge >= 0.3 is 0 Å². The summed E-state index contributed by atoms with van der Waals surface area (Å²) in [6.07, 6.45) is 0.975. The molecule has 4 heteroatoms. The SMILES string of the molecule is CCCNC(=O)C(C)NCc1ccc(C)s1. The molecule has 0 aliphatic rings. The maximum absolute atomic E-state index is 11.6. The molecule has 1 atom stereocenters. The fourth-order valence-electron chi connectivity index (χ4n) is 1.33. The Balaban J connectivity index is 2.29. The minimum Gasteiger partial charge on any atom is -0.355 e. The first kappa shape index (κ1) is 13.2. The van der Waals surface area contributed by atoms with Crippen molar-refractivity contribution in [2.24, 2.45) is 0 Å². The zero-order valence-electron chi connectivity index (χ0n) is 10.2. The summed E-state index contributed by atoms with van der Waals surface area (Å²) in [7, 11) is 0. The quantitative estimate of drug-likeness (QED) is 0.799. The topological polar surface area (TPSA) is 41.1 Å². The van der Waals surface area contributed by atoms with Crippen molar-refractivity contribution >= 4 is 17.2 Å². The summed E-state index contributed by atoms with van der Waals surface area (Å²) in [4.78, 5) is 14.1. The Morgan fingerprint density at radius 2 is 2.25 bits per heavy atom. The summed E-state index contributed by atoms with van der Waals surface area (Å²) >= 11 is 1.77.